The number of amides is 1. The van der Waals surface area contributed by atoms with E-state index < -0.39 is 0 Å². The smallest absolute Gasteiger partial charge is 0.253 e. The molecule has 1 amide bonds. The van der Waals surface area contributed by atoms with Crippen LogP contribution in [0.3, 0.4) is 0 Å². The Balaban J connectivity index is 1.49. The summed E-state index contributed by atoms with van der Waals surface area (Å²) >= 11 is 0. The van der Waals surface area contributed by atoms with E-state index in [0.717, 1.165) is 43.0 Å². The number of aryl methyl sites for hydroxylation is 1. The fourth-order valence-corrected chi connectivity index (χ4v) is 3.61. The average Bonchev–Trinajstić information content (AvgIpc) is 3.33. The maximum Gasteiger partial charge on any atom is 0.253 e. The van der Waals surface area contributed by atoms with Gasteiger partial charge in [0.05, 0.1) is 6.04 Å². The molecule has 0 N–H and O–H groups in total. The average molecular weight is 334 g/mol. The predicted molar refractivity (Wildman–Crippen MR) is 96.9 cm³/mol. The molecular weight excluding hydrogens is 312 g/mol. The Hall–Kier alpha value is -2.82. The number of nitrogens with zero attached hydrogens (tertiary/aromatic N) is 4. The summed E-state index contributed by atoms with van der Waals surface area (Å²) in [4.78, 5) is 19.2. The highest BCUT2D eigenvalue weighted by Crippen LogP contribution is 2.24. The number of carbonyl (C=O) groups excluding carboxylic acids is 1. The lowest BCUT2D eigenvalue weighted by atomic mass is 10.0. The Bertz CT molecular complexity index is 848. The summed E-state index contributed by atoms with van der Waals surface area (Å²) in [6.07, 6.45) is 9.96. The molecule has 1 atom stereocenters. The van der Waals surface area contributed by atoms with Gasteiger partial charge >= 0.3 is 0 Å². The number of hydrogen-bond acceptors (Lipinski definition) is 2. The molecule has 4 rings (SSSR count). The molecule has 0 aliphatic carbocycles. The zero-order chi connectivity index (χ0) is 17.2. The number of benzene rings is 1. The second-order valence-corrected chi connectivity index (χ2v) is 6.57. The van der Waals surface area contributed by atoms with Crippen LogP contribution in [0.4, 0.5) is 0 Å². The van der Waals surface area contributed by atoms with Crippen molar-refractivity contribution in [3.8, 4) is 5.69 Å². The predicted octanol–water partition coefficient (Wildman–Crippen LogP) is 3.46. The van der Waals surface area contributed by atoms with E-state index >= 15 is 0 Å². The molecule has 3 aromatic rings. The number of piperidine rings is 1. The van der Waals surface area contributed by atoms with Crippen molar-refractivity contribution in [3.63, 3.8) is 0 Å². The van der Waals surface area contributed by atoms with Crippen LogP contribution in [-0.4, -0.2) is 38.0 Å². The van der Waals surface area contributed by atoms with Crippen molar-refractivity contribution in [2.75, 3.05) is 13.1 Å². The number of likely N-dealkylation sites (tertiary alicyclic amines) is 1. The summed E-state index contributed by atoms with van der Waals surface area (Å²) in [6.45, 7) is 3.58. The fraction of sp³-hybridized carbons (Fsp3) is 0.300. The van der Waals surface area contributed by atoms with Gasteiger partial charge in [-0.05, 0) is 56.2 Å². The minimum Gasteiger partial charge on any atom is -0.337 e. The van der Waals surface area contributed by atoms with Crippen molar-refractivity contribution in [2.24, 2.45) is 0 Å². The molecule has 128 valence electrons. The first-order valence-corrected chi connectivity index (χ1v) is 8.74. The molecule has 1 fully saturated rings. The third-order valence-corrected chi connectivity index (χ3v) is 4.96. The normalized spacial score (nSPS) is 17.6. The monoisotopic (exact) mass is 334 g/mol. The largest absolute Gasteiger partial charge is 0.337 e. The summed E-state index contributed by atoms with van der Waals surface area (Å²) < 4.78 is 4.22. The van der Waals surface area contributed by atoms with Crippen molar-refractivity contribution in [2.45, 2.75) is 25.8 Å². The van der Waals surface area contributed by atoms with Gasteiger partial charge in [-0.15, -0.1) is 0 Å². The molecule has 3 heterocycles. The van der Waals surface area contributed by atoms with Gasteiger partial charge in [-0.25, -0.2) is 4.98 Å². The highest BCUT2D eigenvalue weighted by atomic mass is 16.2. The van der Waals surface area contributed by atoms with Crippen LogP contribution in [0, 0.1) is 6.92 Å². The van der Waals surface area contributed by atoms with Crippen LogP contribution in [0.15, 0.2) is 61.2 Å². The number of rotatable bonds is 3. The van der Waals surface area contributed by atoms with Gasteiger partial charge in [-0.2, -0.15) is 0 Å². The minimum absolute atomic E-state index is 0.113. The Morgan fingerprint density at radius 2 is 1.88 bits per heavy atom. The van der Waals surface area contributed by atoms with Crippen LogP contribution >= 0.6 is 0 Å². The van der Waals surface area contributed by atoms with Crippen LogP contribution in [0.5, 0.6) is 0 Å². The van der Waals surface area contributed by atoms with Crippen molar-refractivity contribution in [1.29, 1.82) is 0 Å². The van der Waals surface area contributed by atoms with Gasteiger partial charge in [0, 0.05) is 49.1 Å². The molecule has 0 radical (unpaired) electrons. The Morgan fingerprint density at radius 3 is 2.56 bits per heavy atom. The highest BCUT2D eigenvalue weighted by Gasteiger charge is 2.26. The van der Waals surface area contributed by atoms with Crippen molar-refractivity contribution in [3.05, 3.63) is 72.6 Å². The van der Waals surface area contributed by atoms with Crippen LogP contribution < -0.4 is 0 Å². The first-order chi connectivity index (χ1) is 12.2. The quantitative estimate of drug-likeness (QED) is 0.736. The zero-order valence-electron chi connectivity index (χ0n) is 14.4. The molecule has 0 unspecified atom stereocenters. The van der Waals surface area contributed by atoms with Crippen LogP contribution in [0.25, 0.3) is 5.69 Å². The lowest BCUT2D eigenvalue weighted by molar-refractivity contribution is 0.0678. The standard InChI is InChI=1S/C20H22N4O/c1-16-21-10-14-24(16)19-5-4-13-23(15-19)20(25)17-6-8-18(9-7-17)22-11-2-3-12-22/h2-3,6-12,14,19H,4-5,13,15H2,1H3/t19-/m0/s1. The molecule has 0 saturated carbocycles. The lowest BCUT2D eigenvalue weighted by Crippen LogP contribution is -2.40. The maximum atomic E-state index is 12.9. The SMILES string of the molecule is Cc1nccn1[C@H]1CCCN(C(=O)c2ccc(-n3cccc3)cc2)C1. The zero-order valence-corrected chi connectivity index (χ0v) is 14.4. The van der Waals surface area contributed by atoms with E-state index in [1.54, 1.807) is 0 Å². The second-order valence-electron chi connectivity index (χ2n) is 6.57. The lowest BCUT2D eigenvalue weighted by Gasteiger charge is -2.34. The fourth-order valence-electron chi connectivity index (χ4n) is 3.61. The summed E-state index contributed by atoms with van der Waals surface area (Å²) in [5, 5.41) is 0. The van der Waals surface area contributed by atoms with Crippen molar-refractivity contribution >= 4 is 5.91 Å². The van der Waals surface area contributed by atoms with E-state index in [0.29, 0.717) is 6.04 Å². The van der Waals surface area contributed by atoms with Gasteiger partial charge in [0.2, 0.25) is 0 Å². The van der Waals surface area contributed by atoms with Gasteiger partial charge in [-0.1, -0.05) is 0 Å². The van der Waals surface area contributed by atoms with E-state index in [9.17, 15) is 4.79 Å². The molecule has 0 spiro atoms. The van der Waals surface area contributed by atoms with E-state index in [-0.39, 0.29) is 5.91 Å². The summed E-state index contributed by atoms with van der Waals surface area (Å²) in [5.41, 5.74) is 1.81. The molecular formula is C20H22N4O. The number of aromatic nitrogens is 3. The molecule has 1 saturated heterocycles. The van der Waals surface area contributed by atoms with E-state index in [1.807, 2.05) is 77.6 Å². The topological polar surface area (TPSA) is 43.1 Å². The first-order valence-electron chi connectivity index (χ1n) is 8.74. The molecule has 1 aromatic carbocycles. The summed E-state index contributed by atoms with van der Waals surface area (Å²) in [6, 6.07) is 12.1. The van der Waals surface area contributed by atoms with E-state index in [1.165, 1.54) is 0 Å². The number of imidazole rings is 1. The number of hydrogen-bond donors (Lipinski definition) is 0. The van der Waals surface area contributed by atoms with Gasteiger partial charge in [0.1, 0.15) is 5.82 Å². The molecule has 2 aromatic heterocycles. The minimum atomic E-state index is 0.113. The first kappa shape index (κ1) is 15.7. The number of carbonyl (C=O) groups is 1. The molecule has 5 nitrogen and oxygen atoms in total. The molecule has 5 heteroatoms. The van der Waals surface area contributed by atoms with Crippen LogP contribution in [0.1, 0.15) is 35.1 Å². The Kier molecular flexibility index (Phi) is 4.14. The molecule has 1 aliphatic heterocycles. The van der Waals surface area contributed by atoms with Crippen molar-refractivity contribution in [1.82, 2.24) is 19.0 Å². The third-order valence-electron chi connectivity index (χ3n) is 4.96. The maximum absolute atomic E-state index is 12.9. The Morgan fingerprint density at radius 1 is 1.12 bits per heavy atom. The van der Waals surface area contributed by atoms with E-state index in [2.05, 4.69) is 9.55 Å². The molecule has 0 bridgehead atoms. The van der Waals surface area contributed by atoms with Crippen LogP contribution in [-0.2, 0) is 0 Å². The Labute approximate surface area is 147 Å². The summed E-state index contributed by atoms with van der Waals surface area (Å²) in [5.74, 6) is 1.12. The van der Waals surface area contributed by atoms with Crippen molar-refractivity contribution < 1.29 is 4.79 Å². The highest BCUT2D eigenvalue weighted by molar-refractivity contribution is 5.94. The molecule has 25 heavy (non-hydrogen) atoms. The van der Waals surface area contributed by atoms with Gasteiger partial charge in [0.15, 0.2) is 0 Å². The molecule has 1 aliphatic rings. The third kappa shape index (κ3) is 3.09. The summed E-state index contributed by atoms with van der Waals surface area (Å²) in [7, 11) is 0. The van der Waals surface area contributed by atoms with Gasteiger partial charge in [-0.3, -0.25) is 4.79 Å². The van der Waals surface area contributed by atoms with E-state index in [4.69, 9.17) is 0 Å². The second kappa shape index (κ2) is 6.59. The van der Waals surface area contributed by atoms with Crippen LogP contribution in [0.2, 0.25) is 0 Å². The van der Waals surface area contributed by atoms with Gasteiger partial charge in [0.25, 0.3) is 5.91 Å². The van der Waals surface area contributed by atoms with Gasteiger partial charge < -0.3 is 14.0 Å².